The Bertz CT molecular complexity index is 895. The number of benzene rings is 1. The number of halogens is 3. The summed E-state index contributed by atoms with van der Waals surface area (Å²) in [4.78, 5) is 25.0. The second-order valence-electron chi connectivity index (χ2n) is 6.21. The lowest BCUT2D eigenvalue weighted by molar-refractivity contribution is -0.137. The molecule has 0 aliphatic heterocycles. The number of fused-ring (bicyclic) bond motifs is 1. The summed E-state index contributed by atoms with van der Waals surface area (Å²) in [7, 11) is 0. The van der Waals surface area contributed by atoms with E-state index in [1.807, 2.05) is 6.26 Å². The van der Waals surface area contributed by atoms with E-state index in [1.54, 1.807) is 0 Å². The van der Waals surface area contributed by atoms with Gasteiger partial charge < -0.3 is 5.11 Å². The normalized spacial score (nSPS) is 16.4. The predicted molar refractivity (Wildman–Crippen MR) is 100 cm³/mol. The Labute approximate surface area is 167 Å². The van der Waals surface area contributed by atoms with Crippen LogP contribution in [0.25, 0.3) is 0 Å². The van der Waals surface area contributed by atoms with Crippen LogP contribution < -0.4 is 10.9 Å². The molecule has 3 rings (SSSR count). The Balaban J connectivity index is 1.70. The minimum Gasteiger partial charge on any atom is -0.388 e. The van der Waals surface area contributed by atoms with Crippen molar-refractivity contribution in [3.63, 3.8) is 0 Å². The SMILES string of the molecule is CSc1sc(C(=O)NNC(=O)c2ccc(C(F)(F)F)cc2)c2c1[C@@H](O)CCC2. The van der Waals surface area contributed by atoms with Crippen LogP contribution in [0.3, 0.4) is 0 Å². The summed E-state index contributed by atoms with van der Waals surface area (Å²) >= 11 is 2.70. The van der Waals surface area contributed by atoms with E-state index < -0.39 is 29.7 Å². The van der Waals surface area contributed by atoms with Gasteiger partial charge in [-0.2, -0.15) is 13.2 Å². The number of carbonyl (C=O) groups is 2. The highest BCUT2D eigenvalue weighted by atomic mass is 32.2. The van der Waals surface area contributed by atoms with E-state index in [1.165, 1.54) is 23.1 Å². The van der Waals surface area contributed by atoms with Gasteiger partial charge in [-0.15, -0.1) is 23.1 Å². The third kappa shape index (κ3) is 4.18. The molecule has 1 aliphatic rings. The van der Waals surface area contributed by atoms with Gasteiger partial charge in [-0.1, -0.05) is 0 Å². The number of hydrogen-bond donors (Lipinski definition) is 3. The fraction of sp³-hybridized carbons (Fsp3) is 0.333. The minimum atomic E-state index is -4.49. The fourth-order valence-electron chi connectivity index (χ4n) is 3.04. The number of amides is 2. The summed E-state index contributed by atoms with van der Waals surface area (Å²) in [6.07, 6.45) is -1.16. The maximum absolute atomic E-state index is 12.6. The third-order valence-electron chi connectivity index (χ3n) is 4.41. The highest BCUT2D eigenvalue weighted by molar-refractivity contribution is 8.00. The first-order valence-corrected chi connectivity index (χ1v) is 10.4. The second kappa shape index (κ2) is 8.14. The van der Waals surface area contributed by atoms with Crippen molar-refractivity contribution in [1.29, 1.82) is 0 Å². The average Bonchev–Trinajstić information content (AvgIpc) is 3.05. The lowest BCUT2D eigenvalue weighted by Crippen LogP contribution is -2.41. The van der Waals surface area contributed by atoms with Crippen LogP contribution in [0.15, 0.2) is 28.5 Å². The van der Waals surface area contributed by atoms with Gasteiger partial charge in [-0.3, -0.25) is 20.4 Å². The van der Waals surface area contributed by atoms with Crippen LogP contribution in [0.4, 0.5) is 13.2 Å². The zero-order valence-electron chi connectivity index (χ0n) is 14.7. The Morgan fingerprint density at radius 2 is 1.82 bits per heavy atom. The van der Waals surface area contributed by atoms with Crippen molar-refractivity contribution >= 4 is 34.9 Å². The molecule has 0 bridgehead atoms. The van der Waals surface area contributed by atoms with Crippen LogP contribution in [0, 0.1) is 0 Å². The van der Waals surface area contributed by atoms with Crippen LogP contribution >= 0.6 is 23.1 Å². The standard InChI is InChI=1S/C18H17F3N2O3S2/c1-27-17-13-11(3-2-4-12(13)24)14(28-17)16(26)23-22-15(25)9-5-7-10(8-6-9)18(19,20)21/h5-8,12,24H,2-4H2,1H3,(H,22,25)(H,23,26)/t12-/m0/s1. The molecule has 150 valence electrons. The molecule has 28 heavy (non-hydrogen) atoms. The predicted octanol–water partition coefficient (Wildman–Crippen LogP) is 3.93. The molecule has 3 N–H and O–H groups in total. The van der Waals surface area contributed by atoms with Crippen molar-refractivity contribution < 1.29 is 27.9 Å². The molecule has 0 saturated carbocycles. The summed E-state index contributed by atoms with van der Waals surface area (Å²) in [6, 6.07) is 3.69. The molecule has 0 fully saturated rings. The second-order valence-corrected chi connectivity index (χ2v) is 8.30. The van der Waals surface area contributed by atoms with Crippen molar-refractivity contribution in [3.8, 4) is 0 Å². The minimum absolute atomic E-state index is 0.0123. The van der Waals surface area contributed by atoms with Crippen LogP contribution in [0.1, 0.15) is 55.7 Å². The molecule has 1 atom stereocenters. The van der Waals surface area contributed by atoms with Gasteiger partial charge in [0.25, 0.3) is 11.8 Å². The molecule has 0 saturated heterocycles. The third-order valence-corrected chi connectivity index (χ3v) is 6.79. The first kappa shape index (κ1) is 20.7. The number of thioether (sulfide) groups is 1. The van der Waals surface area contributed by atoms with Crippen molar-refractivity contribution in [2.24, 2.45) is 0 Å². The lowest BCUT2D eigenvalue weighted by Gasteiger charge is -2.19. The number of thiophene rings is 1. The van der Waals surface area contributed by atoms with Crippen LogP contribution in [0.5, 0.6) is 0 Å². The summed E-state index contributed by atoms with van der Waals surface area (Å²) in [5.74, 6) is -1.24. The number of alkyl halides is 3. The summed E-state index contributed by atoms with van der Waals surface area (Å²) in [6.45, 7) is 0. The largest absolute Gasteiger partial charge is 0.416 e. The number of carbonyl (C=O) groups excluding carboxylic acids is 2. The van der Waals surface area contributed by atoms with Crippen molar-refractivity contribution in [3.05, 3.63) is 51.4 Å². The molecule has 0 spiro atoms. The Kier molecular flexibility index (Phi) is 6.01. The van der Waals surface area contributed by atoms with E-state index in [0.29, 0.717) is 17.7 Å². The van der Waals surface area contributed by atoms with E-state index in [9.17, 15) is 27.9 Å². The molecular formula is C18H17F3N2O3S2. The number of hydrogen-bond acceptors (Lipinski definition) is 5. The number of aliphatic hydroxyl groups excluding tert-OH is 1. The van der Waals surface area contributed by atoms with Gasteiger partial charge in [0.05, 0.1) is 20.8 Å². The smallest absolute Gasteiger partial charge is 0.388 e. The molecule has 10 heteroatoms. The lowest BCUT2D eigenvalue weighted by atomic mass is 9.91. The molecule has 1 heterocycles. The van der Waals surface area contributed by atoms with Gasteiger partial charge in [-0.05, 0) is 55.3 Å². The topological polar surface area (TPSA) is 78.4 Å². The van der Waals surface area contributed by atoms with Gasteiger partial charge in [0.15, 0.2) is 0 Å². The summed E-state index contributed by atoms with van der Waals surface area (Å²) in [5, 5.41) is 10.2. The summed E-state index contributed by atoms with van der Waals surface area (Å²) < 4.78 is 38.6. The Morgan fingerprint density at radius 3 is 2.43 bits per heavy atom. The molecule has 0 radical (unpaired) electrons. The van der Waals surface area contributed by atoms with Gasteiger partial charge in [0, 0.05) is 11.1 Å². The first-order valence-electron chi connectivity index (χ1n) is 8.38. The fourth-order valence-corrected chi connectivity index (χ4v) is 5.14. The molecule has 1 aromatic carbocycles. The highest BCUT2D eigenvalue weighted by Crippen LogP contribution is 2.43. The number of nitrogens with one attached hydrogen (secondary N) is 2. The molecule has 1 aliphatic carbocycles. The van der Waals surface area contributed by atoms with Crippen molar-refractivity contribution in [1.82, 2.24) is 10.9 Å². The van der Waals surface area contributed by atoms with Crippen LogP contribution in [-0.2, 0) is 12.6 Å². The average molecular weight is 430 g/mol. The van der Waals surface area contributed by atoms with Gasteiger partial charge in [-0.25, -0.2) is 0 Å². The van der Waals surface area contributed by atoms with Gasteiger partial charge in [0.2, 0.25) is 0 Å². The van der Waals surface area contributed by atoms with E-state index in [-0.39, 0.29) is 5.56 Å². The maximum atomic E-state index is 12.6. The number of hydrazine groups is 1. The molecule has 1 aromatic heterocycles. The van der Waals surface area contributed by atoms with Crippen LogP contribution in [-0.4, -0.2) is 23.2 Å². The zero-order chi connectivity index (χ0) is 20.5. The van der Waals surface area contributed by atoms with E-state index in [4.69, 9.17) is 0 Å². The Hall–Kier alpha value is -2.04. The summed E-state index contributed by atoms with van der Waals surface area (Å²) in [5.41, 5.74) is 5.22. The van der Waals surface area contributed by atoms with E-state index >= 15 is 0 Å². The molecule has 2 amide bonds. The monoisotopic (exact) mass is 430 g/mol. The molecule has 0 unspecified atom stereocenters. The van der Waals surface area contributed by atoms with Gasteiger partial charge in [0.1, 0.15) is 0 Å². The van der Waals surface area contributed by atoms with Crippen LogP contribution in [0.2, 0.25) is 0 Å². The van der Waals surface area contributed by atoms with E-state index in [2.05, 4.69) is 10.9 Å². The van der Waals surface area contributed by atoms with E-state index in [0.717, 1.165) is 46.0 Å². The first-order chi connectivity index (χ1) is 13.2. The number of rotatable bonds is 3. The molecule has 2 aromatic rings. The quantitative estimate of drug-likeness (QED) is 0.509. The zero-order valence-corrected chi connectivity index (χ0v) is 16.4. The van der Waals surface area contributed by atoms with Gasteiger partial charge >= 0.3 is 6.18 Å². The molecular weight excluding hydrogens is 413 g/mol. The van der Waals surface area contributed by atoms with Crippen molar-refractivity contribution in [2.75, 3.05) is 6.26 Å². The number of aliphatic hydroxyl groups is 1. The molecule has 5 nitrogen and oxygen atoms in total. The Morgan fingerprint density at radius 1 is 1.18 bits per heavy atom. The highest BCUT2D eigenvalue weighted by Gasteiger charge is 2.31. The maximum Gasteiger partial charge on any atom is 0.416 e. The van der Waals surface area contributed by atoms with Crippen molar-refractivity contribution in [2.45, 2.75) is 35.8 Å².